The maximum Gasteiger partial charge on any atom is 0.128 e. The molecule has 0 fully saturated rings. The highest BCUT2D eigenvalue weighted by molar-refractivity contribution is 5.19. The largest absolute Gasteiger partial charge is 0.388 e. The molecule has 0 heterocycles. The van der Waals surface area contributed by atoms with Crippen LogP contribution in [0.4, 0.5) is 4.39 Å². The van der Waals surface area contributed by atoms with Crippen molar-refractivity contribution < 1.29 is 9.50 Å². The van der Waals surface area contributed by atoms with Gasteiger partial charge in [0.05, 0.1) is 6.10 Å². The van der Waals surface area contributed by atoms with E-state index in [1.54, 1.807) is 24.3 Å². The average molecular weight is 194 g/mol. The Labute approximate surface area is 83.9 Å². The molecule has 0 aromatic heterocycles. The van der Waals surface area contributed by atoms with Crippen molar-refractivity contribution in [3.05, 3.63) is 48.3 Å². The Bertz CT molecular complexity index is 296. The van der Waals surface area contributed by atoms with E-state index < -0.39 is 6.10 Å². The highest BCUT2D eigenvalue weighted by Gasteiger charge is 2.10. The molecule has 0 spiro atoms. The first-order chi connectivity index (χ1) is 6.75. The van der Waals surface area contributed by atoms with Crippen molar-refractivity contribution in [2.24, 2.45) is 0 Å². The van der Waals surface area contributed by atoms with Crippen LogP contribution in [0.3, 0.4) is 0 Å². The number of benzene rings is 1. The third-order valence-electron chi connectivity index (χ3n) is 2.15. The van der Waals surface area contributed by atoms with Crippen LogP contribution in [0, 0.1) is 5.82 Å². The lowest BCUT2D eigenvalue weighted by Crippen LogP contribution is -2.00. The topological polar surface area (TPSA) is 20.2 Å². The van der Waals surface area contributed by atoms with E-state index in [0.717, 1.165) is 12.8 Å². The zero-order valence-corrected chi connectivity index (χ0v) is 8.12. The van der Waals surface area contributed by atoms with Gasteiger partial charge in [0.2, 0.25) is 0 Å². The first-order valence-corrected chi connectivity index (χ1v) is 4.79. The molecule has 2 heteroatoms. The first-order valence-electron chi connectivity index (χ1n) is 4.79. The molecule has 14 heavy (non-hydrogen) atoms. The molecule has 0 amide bonds. The second-order valence-corrected chi connectivity index (χ2v) is 3.26. The van der Waals surface area contributed by atoms with Gasteiger partial charge >= 0.3 is 0 Å². The smallest absolute Gasteiger partial charge is 0.128 e. The molecule has 0 bridgehead atoms. The predicted molar refractivity (Wildman–Crippen MR) is 55.4 cm³/mol. The Hall–Kier alpha value is -1.15. The molecule has 1 aromatic carbocycles. The summed E-state index contributed by atoms with van der Waals surface area (Å²) in [7, 11) is 0. The van der Waals surface area contributed by atoms with Crippen LogP contribution >= 0.6 is 0 Å². The molecule has 1 nitrogen and oxygen atoms in total. The molecule has 1 aromatic rings. The van der Waals surface area contributed by atoms with E-state index in [4.69, 9.17) is 0 Å². The third kappa shape index (κ3) is 2.96. The SMILES string of the molecule is C=CCCCC(O)c1ccccc1F. The predicted octanol–water partition coefficient (Wildman–Crippen LogP) is 3.22. The van der Waals surface area contributed by atoms with E-state index in [1.165, 1.54) is 6.07 Å². The van der Waals surface area contributed by atoms with E-state index in [-0.39, 0.29) is 5.82 Å². The molecule has 76 valence electrons. The molecule has 0 aliphatic carbocycles. The maximum atomic E-state index is 13.2. The van der Waals surface area contributed by atoms with Crippen molar-refractivity contribution in [3.8, 4) is 0 Å². The molecule has 1 N–H and O–H groups in total. The summed E-state index contributed by atoms with van der Waals surface area (Å²) < 4.78 is 13.2. The van der Waals surface area contributed by atoms with E-state index >= 15 is 0 Å². The summed E-state index contributed by atoms with van der Waals surface area (Å²) in [5, 5.41) is 9.65. The monoisotopic (exact) mass is 194 g/mol. The van der Waals surface area contributed by atoms with Gasteiger partial charge < -0.3 is 5.11 Å². The number of halogens is 1. The lowest BCUT2D eigenvalue weighted by Gasteiger charge is -2.10. The highest BCUT2D eigenvalue weighted by atomic mass is 19.1. The number of allylic oxidation sites excluding steroid dienone is 1. The van der Waals surface area contributed by atoms with Crippen LogP contribution in [-0.2, 0) is 0 Å². The fraction of sp³-hybridized carbons (Fsp3) is 0.333. The molecule has 0 aliphatic rings. The molecule has 0 saturated carbocycles. The van der Waals surface area contributed by atoms with Gasteiger partial charge in [0, 0.05) is 5.56 Å². The van der Waals surface area contributed by atoms with Crippen LogP contribution in [0.15, 0.2) is 36.9 Å². The zero-order chi connectivity index (χ0) is 10.4. The highest BCUT2D eigenvalue weighted by Crippen LogP contribution is 2.21. The number of rotatable bonds is 5. The molecule has 1 rings (SSSR count). The van der Waals surface area contributed by atoms with Crippen molar-refractivity contribution >= 4 is 0 Å². The summed E-state index contributed by atoms with van der Waals surface area (Å²) in [5.41, 5.74) is 0.386. The quantitative estimate of drug-likeness (QED) is 0.563. The molecule has 0 radical (unpaired) electrons. The molecule has 0 saturated heterocycles. The summed E-state index contributed by atoms with van der Waals surface area (Å²) in [6, 6.07) is 6.34. The standard InChI is InChI=1S/C12H15FO/c1-2-3-4-9-12(14)10-7-5-6-8-11(10)13/h2,5-8,12,14H,1,3-4,9H2. The van der Waals surface area contributed by atoms with Crippen molar-refractivity contribution in [1.29, 1.82) is 0 Å². The van der Waals surface area contributed by atoms with Crippen molar-refractivity contribution in [3.63, 3.8) is 0 Å². The van der Waals surface area contributed by atoms with E-state index in [9.17, 15) is 9.50 Å². The fourth-order valence-corrected chi connectivity index (χ4v) is 1.36. The Morgan fingerprint density at radius 2 is 2.14 bits per heavy atom. The van der Waals surface area contributed by atoms with Gasteiger partial charge in [-0.25, -0.2) is 4.39 Å². The first kappa shape index (κ1) is 10.9. The lowest BCUT2D eigenvalue weighted by molar-refractivity contribution is 0.160. The number of hydrogen-bond donors (Lipinski definition) is 1. The molecule has 1 atom stereocenters. The lowest BCUT2D eigenvalue weighted by atomic mass is 10.0. The van der Waals surface area contributed by atoms with Gasteiger partial charge in [-0.2, -0.15) is 0 Å². The average Bonchev–Trinajstić information content (AvgIpc) is 2.18. The minimum atomic E-state index is -0.698. The zero-order valence-electron chi connectivity index (χ0n) is 8.12. The summed E-state index contributed by atoms with van der Waals surface area (Å²) in [4.78, 5) is 0. The number of aliphatic hydroxyl groups is 1. The second-order valence-electron chi connectivity index (χ2n) is 3.26. The van der Waals surface area contributed by atoms with Crippen LogP contribution in [-0.4, -0.2) is 5.11 Å². The second kappa shape index (κ2) is 5.55. The summed E-state index contributed by atoms with van der Waals surface area (Å²) >= 11 is 0. The van der Waals surface area contributed by atoms with Gasteiger partial charge in [-0.1, -0.05) is 24.3 Å². The van der Waals surface area contributed by atoms with E-state index in [0.29, 0.717) is 12.0 Å². The molecular formula is C12H15FO. The normalized spacial score (nSPS) is 12.4. The Balaban J connectivity index is 2.55. The maximum absolute atomic E-state index is 13.2. The Morgan fingerprint density at radius 1 is 1.43 bits per heavy atom. The minimum Gasteiger partial charge on any atom is -0.388 e. The van der Waals surface area contributed by atoms with E-state index in [2.05, 4.69) is 6.58 Å². The van der Waals surface area contributed by atoms with Gasteiger partial charge in [-0.3, -0.25) is 0 Å². The van der Waals surface area contributed by atoms with Crippen LogP contribution in [0.2, 0.25) is 0 Å². The fourth-order valence-electron chi connectivity index (χ4n) is 1.36. The van der Waals surface area contributed by atoms with Crippen LogP contribution in [0.5, 0.6) is 0 Å². The minimum absolute atomic E-state index is 0.335. The van der Waals surface area contributed by atoms with Gasteiger partial charge in [-0.05, 0) is 25.3 Å². The van der Waals surface area contributed by atoms with Crippen LogP contribution < -0.4 is 0 Å². The summed E-state index contributed by atoms with van der Waals surface area (Å²) in [5.74, 6) is -0.335. The summed E-state index contributed by atoms with van der Waals surface area (Å²) in [6.45, 7) is 3.59. The van der Waals surface area contributed by atoms with E-state index in [1.807, 2.05) is 0 Å². The van der Waals surface area contributed by atoms with Gasteiger partial charge in [0.25, 0.3) is 0 Å². The van der Waals surface area contributed by atoms with Crippen LogP contribution in [0.1, 0.15) is 30.9 Å². The van der Waals surface area contributed by atoms with Crippen molar-refractivity contribution in [2.45, 2.75) is 25.4 Å². The van der Waals surface area contributed by atoms with Crippen molar-refractivity contribution in [1.82, 2.24) is 0 Å². The van der Waals surface area contributed by atoms with Gasteiger partial charge in [0.1, 0.15) is 5.82 Å². The van der Waals surface area contributed by atoms with Gasteiger partial charge in [0.15, 0.2) is 0 Å². The molecule has 0 aliphatic heterocycles. The molecule has 1 unspecified atom stereocenters. The summed E-state index contributed by atoms with van der Waals surface area (Å²) in [6.07, 6.45) is 3.36. The Morgan fingerprint density at radius 3 is 2.79 bits per heavy atom. The third-order valence-corrected chi connectivity index (χ3v) is 2.15. The van der Waals surface area contributed by atoms with Crippen LogP contribution in [0.25, 0.3) is 0 Å². The molecular weight excluding hydrogens is 179 g/mol. The van der Waals surface area contributed by atoms with Gasteiger partial charge in [-0.15, -0.1) is 6.58 Å². The Kier molecular flexibility index (Phi) is 4.33. The number of hydrogen-bond acceptors (Lipinski definition) is 1. The number of unbranched alkanes of at least 4 members (excludes halogenated alkanes) is 1. The number of aliphatic hydroxyl groups excluding tert-OH is 1. The van der Waals surface area contributed by atoms with Crippen molar-refractivity contribution in [2.75, 3.05) is 0 Å².